The molecule has 0 aliphatic carbocycles. The van der Waals surface area contributed by atoms with E-state index < -0.39 is 32.0 Å². The van der Waals surface area contributed by atoms with Crippen LogP contribution in [0, 0.1) is 23.0 Å². The Labute approximate surface area is 174 Å². The van der Waals surface area contributed by atoms with Gasteiger partial charge in [0.25, 0.3) is 10.0 Å². The first-order valence-electron chi connectivity index (χ1n) is 9.47. The smallest absolute Gasteiger partial charge is 0.264 e. The summed E-state index contributed by atoms with van der Waals surface area (Å²) < 4.78 is 60.3. The molecule has 1 heterocycles. The molecule has 0 aromatic heterocycles. The minimum Gasteiger partial charge on any atom is -0.490 e. The summed E-state index contributed by atoms with van der Waals surface area (Å²) in [6.45, 7) is 8.16. The highest BCUT2D eigenvalue weighted by Gasteiger charge is 2.38. The van der Waals surface area contributed by atoms with E-state index in [-0.39, 0.29) is 24.1 Å². The number of carbonyl (C=O) groups excluding carboxylic acids is 1. The van der Waals surface area contributed by atoms with Crippen LogP contribution in [0.25, 0.3) is 0 Å². The summed E-state index contributed by atoms with van der Waals surface area (Å²) in [6, 6.07) is 6.76. The van der Waals surface area contributed by atoms with E-state index in [0.717, 1.165) is 12.1 Å². The zero-order valence-corrected chi connectivity index (χ0v) is 18.0. The van der Waals surface area contributed by atoms with Crippen molar-refractivity contribution in [1.82, 2.24) is 0 Å². The van der Waals surface area contributed by atoms with E-state index in [4.69, 9.17) is 4.74 Å². The van der Waals surface area contributed by atoms with Gasteiger partial charge in [0.2, 0.25) is 5.91 Å². The Balaban J connectivity index is 1.97. The first-order chi connectivity index (χ1) is 13.9. The molecule has 0 unspecified atom stereocenters. The monoisotopic (exact) mass is 438 g/mol. The third-order valence-corrected chi connectivity index (χ3v) is 6.06. The van der Waals surface area contributed by atoms with Gasteiger partial charge in [-0.2, -0.15) is 0 Å². The van der Waals surface area contributed by atoms with Gasteiger partial charge >= 0.3 is 0 Å². The average Bonchev–Trinajstić information content (AvgIpc) is 2.71. The lowest BCUT2D eigenvalue weighted by Crippen LogP contribution is -2.43. The summed E-state index contributed by atoms with van der Waals surface area (Å²) in [5.41, 5.74) is -0.0884. The van der Waals surface area contributed by atoms with Crippen molar-refractivity contribution in [2.75, 3.05) is 22.8 Å². The lowest BCUT2D eigenvalue weighted by Gasteiger charge is -2.29. The molecule has 0 atom stereocenters. The normalized spacial score (nSPS) is 16.1. The molecule has 2 aromatic rings. The van der Waals surface area contributed by atoms with E-state index in [0.29, 0.717) is 24.0 Å². The molecule has 9 heteroatoms. The highest BCUT2D eigenvalue weighted by atomic mass is 32.2. The predicted octanol–water partition coefficient (Wildman–Crippen LogP) is 4.17. The van der Waals surface area contributed by atoms with Crippen molar-refractivity contribution in [3.05, 3.63) is 48.0 Å². The number of hydrogen-bond acceptors (Lipinski definition) is 4. The van der Waals surface area contributed by atoms with Gasteiger partial charge in [-0.05, 0) is 44.0 Å². The molecule has 1 aliphatic heterocycles. The fourth-order valence-electron chi connectivity index (χ4n) is 3.16. The first kappa shape index (κ1) is 22.0. The molecule has 30 heavy (non-hydrogen) atoms. The number of nitrogens with one attached hydrogen (secondary N) is 1. The number of benzene rings is 2. The molecule has 1 amide bonds. The Bertz CT molecular complexity index is 1080. The van der Waals surface area contributed by atoms with Crippen molar-refractivity contribution < 1.29 is 26.7 Å². The van der Waals surface area contributed by atoms with E-state index in [2.05, 4.69) is 4.72 Å². The zero-order valence-electron chi connectivity index (χ0n) is 17.2. The number of anilines is 2. The van der Waals surface area contributed by atoms with Crippen LogP contribution in [0.5, 0.6) is 5.75 Å². The minimum absolute atomic E-state index is 0.0864. The van der Waals surface area contributed by atoms with E-state index in [1.807, 2.05) is 13.8 Å². The maximum Gasteiger partial charge on any atom is 0.264 e. The number of sulfonamides is 1. The van der Waals surface area contributed by atoms with Crippen LogP contribution in [0.1, 0.15) is 27.7 Å². The van der Waals surface area contributed by atoms with Crippen LogP contribution >= 0.6 is 0 Å². The fraction of sp³-hybridized carbons (Fsp3) is 0.381. The molecule has 0 fully saturated rings. The van der Waals surface area contributed by atoms with Crippen LogP contribution in [-0.4, -0.2) is 27.5 Å². The quantitative estimate of drug-likeness (QED) is 0.760. The number of nitrogens with zero attached hydrogens (tertiary/aromatic N) is 1. The largest absolute Gasteiger partial charge is 0.490 e. The van der Waals surface area contributed by atoms with Gasteiger partial charge in [-0.1, -0.05) is 13.8 Å². The second kappa shape index (κ2) is 7.86. The molecule has 3 rings (SSSR count). The summed E-state index contributed by atoms with van der Waals surface area (Å²) in [5.74, 6) is -1.60. The molecular weight excluding hydrogens is 414 g/mol. The third kappa shape index (κ3) is 4.40. The fourth-order valence-corrected chi connectivity index (χ4v) is 4.27. The molecule has 0 radical (unpaired) electrons. The van der Waals surface area contributed by atoms with Crippen molar-refractivity contribution in [3.8, 4) is 5.75 Å². The lowest BCUT2D eigenvalue weighted by molar-refractivity contribution is -0.127. The number of fused-ring (bicyclic) bond motifs is 1. The molecule has 0 saturated heterocycles. The van der Waals surface area contributed by atoms with Crippen molar-refractivity contribution >= 4 is 27.3 Å². The summed E-state index contributed by atoms with van der Waals surface area (Å²) in [7, 11) is -4.29. The lowest BCUT2D eigenvalue weighted by atomic mass is 9.92. The standard InChI is InChI=1S/C21H24F2N2O4S/c1-13(2)11-25-17-7-6-15(10-18(17)29-12-21(3,4)20(25)26)24-30(27,28)19-8-5-14(22)9-16(19)23/h5-10,13,24H,11-12H2,1-4H3. The van der Waals surface area contributed by atoms with Crippen LogP contribution in [0.15, 0.2) is 41.3 Å². The van der Waals surface area contributed by atoms with Crippen molar-refractivity contribution in [2.24, 2.45) is 11.3 Å². The SMILES string of the molecule is CC(C)CN1C(=O)C(C)(C)COc2cc(NS(=O)(=O)c3ccc(F)cc3F)ccc21. The van der Waals surface area contributed by atoms with Gasteiger partial charge in [0.1, 0.15) is 28.9 Å². The Morgan fingerprint density at radius 3 is 2.50 bits per heavy atom. The number of rotatable bonds is 5. The zero-order chi connectivity index (χ0) is 22.3. The van der Waals surface area contributed by atoms with Gasteiger partial charge in [0, 0.05) is 18.7 Å². The maximum absolute atomic E-state index is 13.9. The molecule has 6 nitrogen and oxygen atoms in total. The number of amides is 1. The van der Waals surface area contributed by atoms with Gasteiger partial charge in [-0.15, -0.1) is 0 Å². The number of hydrogen-bond donors (Lipinski definition) is 1. The third-order valence-electron chi connectivity index (χ3n) is 4.65. The highest BCUT2D eigenvalue weighted by molar-refractivity contribution is 7.92. The molecule has 0 spiro atoms. The summed E-state index contributed by atoms with van der Waals surface area (Å²) >= 11 is 0. The van der Waals surface area contributed by atoms with Crippen molar-refractivity contribution in [3.63, 3.8) is 0 Å². The predicted molar refractivity (Wildman–Crippen MR) is 110 cm³/mol. The molecule has 0 saturated carbocycles. The van der Waals surface area contributed by atoms with Gasteiger partial charge < -0.3 is 9.64 Å². The number of ether oxygens (including phenoxy) is 1. The van der Waals surface area contributed by atoms with Crippen molar-refractivity contribution in [2.45, 2.75) is 32.6 Å². The highest BCUT2D eigenvalue weighted by Crippen LogP contribution is 2.39. The second-order valence-electron chi connectivity index (χ2n) is 8.34. The summed E-state index contributed by atoms with van der Waals surface area (Å²) in [6.07, 6.45) is 0. The van der Waals surface area contributed by atoms with Gasteiger partial charge in [0.15, 0.2) is 0 Å². The van der Waals surface area contributed by atoms with E-state index in [9.17, 15) is 22.0 Å². The molecule has 1 aliphatic rings. The van der Waals surface area contributed by atoms with Crippen LogP contribution in [0.4, 0.5) is 20.2 Å². The summed E-state index contributed by atoms with van der Waals surface area (Å²) in [5, 5.41) is 0. The Morgan fingerprint density at radius 1 is 1.17 bits per heavy atom. The van der Waals surface area contributed by atoms with E-state index >= 15 is 0 Å². The van der Waals surface area contributed by atoms with Crippen LogP contribution < -0.4 is 14.4 Å². The van der Waals surface area contributed by atoms with Gasteiger partial charge in [0.05, 0.1) is 16.8 Å². The van der Waals surface area contributed by atoms with Crippen LogP contribution in [-0.2, 0) is 14.8 Å². The Hall–Kier alpha value is -2.68. The summed E-state index contributed by atoms with van der Waals surface area (Å²) in [4.78, 5) is 14.0. The van der Waals surface area contributed by atoms with Crippen molar-refractivity contribution in [1.29, 1.82) is 0 Å². The van der Waals surface area contributed by atoms with E-state index in [1.54, 1.807) is 24.8 Å². The Morgan fingerprint density at radius 2 is 1.87 bits per heavy atom. The van der Waals surface area contributed by atoms with Gasteiger partial charge in [-0.3, -0.25) is 9.52 Å². The second-order valence-corrected chi connectivity index (χ2v) is 10.00. The van der Waals surface area contributed by atoms with E-state index in [1.165, 1.54) is 12.1 Å². The molecule has 2 aromatic carbocycles. The van der Waals surface area contributed by atoms with Crippen LogP contribution in [0.3, 0.4) is 0 Å². The minimum atomic E-state index is -4.29. The first-order valence-corrected chi connectivity index (χ1v) is 11.0. The van der Waals surface area contributed by atoms with Crippen LogP contribution in [0.2, 0.25) is 0 Å². The molecule has 162 valence electrons. The molecular formula is C21H24F2N2O4S. The molecule has 0 bridgehead atoms. The average molecular weight is 438 g/mol. The maximum atomic E-state index is 13.9. The topological polar surface area (TPSA) is 75.7 Å². The number of halogens is 2. The molecule has 1 N–H and O–H groups in total. The Kier molecular flexibility index (Phi) is 5.77. The van der Waals surface area contributed by atoms with Gasteiger partial charge in [-0.25, -0.2) is 17.2 Å². The number of carbonyl (C=O) groups is 1.